The lowest BCUT2D eigenvalue weighted by molar-refractivity contribution is 0.0683. The first-order valence-corrected chi connectivity index (χ1v) is 8.19. The van der Waals surface area contributed by atoms with E-state index in [4.69, 9.17) is 5.11 Å². The normalized spacial score (nSPS) is 15.6. The second-order valence-corrected chi connectivity index (χ2v) is 6.07. The maximum Gasteiger partial charge on any atom is 0.338 e. The molecule has 3 rings (SSSR count). The highest BCUT2D eigenvalue weighted by atomic mass is 16.4. The first-order valence-electron chi connectivity index (χ1n) is 8.19. The molecule has 0 radical (unpaired) electrons. The highest BCUT2D eigenvalue weighted by Crippen LogP contribution is 2.23. The summed E-state index contributed by atoms with van der Waals surface area (Å²) >= 11 is 0. The van der Waals surface area contributed by atoms with Crippen molar-refractivity contribution in [3.63, 3.8) is 0 Å². The second kappa shape index (κ2) is 6.86. The summed E-state index contributed by atoms with van der Waals surface area (Å²) in [5, 5.41) is 20.1. The van der Waals surface area contributed by atoms with Crippen molar-refractivity contribution in [1.82, 2.24) is 24.9 Å². The number of carboxylic acid groups (broad SMARTS) is 1. The minimum Gasteiger partial charge on any atom is -0.478 e. The van der Waals surface area contributed by atoms with Crippen LogP contribution in [0.5, 0.6) is 0 Å². The number of rotatable bonds is 5. The Bertz CT molecular complexity index is 728. The van der Waals surface area contributed by atoms with Crippen LogP contribution in [0.2, 0.25) is 0 Å². The summed E-state index contributed by atoms with van der Waals surface area (Å²) in [6, 6.07) is 1.95. The molecule has 24 heavy (non-hydrogen) atoms. The van der Waals surface area contributed by atoms with Crippen molar-refractivity contribution in [2.75, 3.05) is 13.1 Å². The van der Waals surface area contributed by atoms with Crippen LogP contribution in [-0.2, 0) is 6.42 Å². The Hall–Kier alpha value is -2.64. The van der Waals surface area contributed by atoms with Crippen LogP contribution in [0.1, 0.15) is 58.8 Å². The number of carbonyl (C=O) groups is 2. The number of nitrogens with one attached hydrogen (secondary N) is 1. The fraction of sp³-hybridized carbons (Fsp3) is 0.500. The van der Waals surface area contributed by atoms with Gasteiger partial charge in [-0.3, -0.25) is 14.6 Å². The molecule has 2 aromatic heterocycles. The number of nitrogens with zero attached hydrogens (tertiary/aromatic N) is 4. The molecule has 3 heterocycles. The minimum atomic E-state index is -0.977. The zero-order chi connectivity index (χ0) is 17.1. The molecule has 2 aromatic rings. The molecule has 0 unspecified atom stereocenters. The Kier molecular flexibility index (Phi) is 4.64. The van der Waals surface area contributed by atoms with Crippen LogP contribution in [0.25, 0.3) is 0 Å². The molecular formula is C16H21N5O3. The number of hydrogen-bond acceptors (Lipinski definition) is 4. The van der Waals surface area contributed by atoms with E-state index < -0.39 is 5.97 Å². The van der Waals surface area contributed by atoms with Crippen LogP contribution in [0, 0.1) is 0 Å². The smallest absolute Gasteiger partial charge is 0.338 e. The van der Waals surface area contributed by atoms with Crippen LogP contribution < -0.4 is 0 Å². The molecule has 0 bridgehead atoms. The summed E-state index contributed by atoms with van der Waals surface area (Å²) in [4.78, 5) is 25.2. The van der Waals surface area contributed by atoms with E-state index in [9.17, 15) is 9.59 Å². The van der Waals surface area contributed by atoms with Gasteiger partial charge in [0.05, 0.1) is 17.8 Å². The Balaban J connectivity index is 1.59. The zero-order valence-corrected chi connectivity index (χ0v) is 13.6. The van der Waals surface area contributed by atoms with Crippen LogP contribution in [-0.4, -0.2) is 55.0 Å². The van der Waals surface area contributed by atoms with Gasteiger partial charge in [0, 0.05) is 25.0 Å². The van der Waals surface area contributed by atoms with Gasteiger partial charge in [0.25, 0.3) is 5.91 Å². The van der Waals surface area contributed by atoms with E-state index in [0.29, 0.717) is 18.8 Å². The topological polar surface area (TPSA) is 104 Å². The SMILES string of the molecule is CCCc1cc(C(=O)N2CCC(n3cc(C(=O)O)cn3)CC2)n[nH]1. The van der Waals surface area contributed by atoms with E-state index in [1.54, 1.807) is 15.8 Å². The third kappa shape index (κ3) is 3.32. The van der Waals surface area contributed by atoms with Crippen molar-refractivity contribution in [3.8, 4) is 0 Å². The fourth-order valence-corrected chi connectivity index (χ4v) is 3.01. The van der Waals surface area contributed by atoms with Crippen LogP contribution >= 0.6 is 0 Å². The predicted molar refractivity (Wildman–Crippen MR) is 85.9 cm³/mol. The number of likely N-dealkylation sites (tertiary alicyclic amines) is 1. The van der Waals surface area contributed by atoms with Crippen LogP contribution in [0.4, 0.5) is 0 Å². The summed E-state index contributed by atoms with van der Waals surface area (Å²) in [7, 11) is 0. The Morgan fingerprint density at radius 1 is 1.38 bits per heavy atom. The monoisotopic (exact) mass is 331 g/mol. The number of aromatic nitrogens is 4. The summed E-state index contributed by atoms with van der Waals surface area (Å²) in [5.41, 5.74) is 1.63. The summed E-state index contributed by atoms with van der Waals surface area (Å²) in [6.45, 7) is 3.31. The molecule has 1 amide bonds. The maximum absolute atomic E-state index is 12.5. The van der Waals surface area contributed by atoms with E-state index >= 15 is 0 Å². The van der Waals surface area contributed by atoms with Crippen molar-refractivity contribution in [3.05, 3.63) is 35.4 Å². The number of piperidine rings is 1. The molecule has 0 atom stereocenters. The summed E-state index contributed by atoms with van der Waals surface area (Å²) in [6.07, 6.45) is 6.29. The first kappa shape index (κ1) is 16.2. The highest BCUT2D eigenvalue weighted by Gasteiger charge is 2.26. The molecule has 1 saturated heterocycles. The van der Waals surface area contributed by atoms with Gasteiger partial charge in [-0.15, -0.1) is 0 Å². The number of carboxylic acids is 1. The van der Waals surface area contributed by atoms with Crippen molar-refractivity contribution < 1.29 is 14.7 Å². The number of amides is 1. The Morgan fingerprint density at radius 2 is 2.12 bits per heavy atom. The summed E-state index contributed by atoms with van der Waals surface area (Å²) in [5.74, 6) is -1.03. The van der Waals surface area contributed by atoms with Crippen molar-refractivity contribution in [1.29, 1.82) is 0 Å². The van der Waals surface area contributed by atoms with Gasteiger partial charge in [-0.05, 0) is 25.3 Å². The largest absolute Gasteiger partial charge is 0.478 e. The van der Waals surface area contributed by atoms with Crippen molar-refractivity contribution in [2.45, 2.75) is 38.6 Å². The molecule has 8 heteroatoms. The molecule has 8 nitrogen and oxygen atoms in total. The second-order valence-electron chi connectivity index (χ2n) is 6.07. The molecule has 0 saturated carbocycles. The lowest BCUT2D eigenvalue weighted by atomic mass is 10.0. The van der Waals surface area contributed by atoms with Gasteiger partial charge in [-0.1, -0.05) is 13.3 Å². The van der Waals surface area contributed by atoms with E-state index in [2.05, 4.69) is 22.2 Å². The average Bonchev–Trinajstić information content (AvgIpc) is 3.24. The van der Waals surface area contributed by atoms with Gasteiger partial charge in [-0.25, -0.2) is 4.79 Å². The van der Waals surface area contributed by atoms with E-state index in [1.165, 1.54) is 6.20 Å². The molecular weight excluding hydrogens is 310 g/mol. The number of carbonyl (C=O) groups excluding carboxylic acids is 1. The Morgan fingerprint density at radius 3 is 2.75 bits per heavy atom. The number of H-pyrrole nitrogens is 1. The molecule has 2 N–H and O–H groups in total. The van der Waals surface area contributed by atoms with Crippen LogP contribution in [0.15, 0.2) is 18.5 Å². The minimum absolute atomic E-state index is 0.0567. The predicted octanol–water partition coefficient (Wildman–Crippen LogP) is 1.73. The van der Waals surface area contributed by atoms with E-state index in [-0.39, 0.29) is 17.5 Å². The number of aromatic carboxylic acids is 1. The zero-order valence-electron chi connectivity index (χ0n) is 13.6. The van der Waals surface area contributed by atoms with Gasteiger partial charge in [0.2, 0.25) is 0 Å². The van der Waals surface area contributed by atoms with Gasteiger partial charge in [-0.2, -0.15) is 10.2 Å². The van der Waals surface area contributed by atoms with Gasteiger partial charge >= 0.3 is 5.97 Å². The average molecular weight is 331 g/mol. The molecule has 0 spiro atoms. The molecule has 1 aliphatic heterocycles. The molecule has 1 aliphatic rings. The first-order chi connectivity index (χ1) is 11.6. The molecule has 1 fully saturated rings. The standard InChI is InChI=1S/C16H21N5O3/c1-2-3-12-8-14(19-18-12)15(22)20-6-4-13(5-7-20)21-10-11(9-17-21)16(23)24/h8-10,13H,2-7H2,1H3,(H,18,19)(H,23,24). The lowest BCUT2D eigenvalue weighted by Gasteiger charge is -2.31. The molecule has 0 aliphatic carbocycles. The van der Waals surface area contributed by atoms with Crippen molar-refractivity contribution >= 4 is 11.9 Å². The van der Waals surface area contributed by atoms with E-state index in [0.717, 1.165) is 31.4 Å². The van der Waals surface area contributed by atoms with Gasteiger partial charge in [0.15, 0.2) is 0 Å². The Labute approximate surface area is 139 Å². The fourth-order valence-electron chi connectivity index (χ4n) is 3.01. The number of hydrogen-bond donors (Lipinski definition) is 2. The number of aromatic amines is 1. The van der Waals surface area contributed by atoms with Gasteiger partial charge in [0.1, 0.15) is 5.69 Å². The third-order valence-corrected chi connectivity index (χ3v) is 4.34. The highest BCUT2D eigenvalue weighted by molar-refractivity contribution is 5.92. The molecule has 0 aromatic carbocycles. The third-order valence-electron chi connectivity index (χ3n) is 4.34. The quantitative estimate of drug-likeness (QED) is 0.868. The molecule has 128 valence electrons. The maximum atomic E-state index is 12.5. The van der Waals surface area contributed by atoms with Gasteiger partial charge < -0.3 is 10.0 Å². The number of aryl methyl sites for hydroxylation is 1. The lowest BCUT2D eigenvalue weighted by Crippen LogP contribution is -2.39. The van der Waals surface area contributed by atoms with Crippen LogP contribution in [0.3, 0.4) is 0 Å². The summed E-state index contributed by atoms with van der Waals surface area (Å²) < 4.78 is 1.69. The van der Waals surface area contributed by atoms with Crippen molar-refractivity contribution in [2.24, 2.45) is 0 Å². The van der Waals surface area contributed by atoms with E-state index in [1.807, 2.05) is 6.07 Å².